The standard InChI is InChI=1S/C21H26ClN3O2/c1-27-20-5-3-2-4-18(20)14-23-21(26)16-25-12-10-24(11-13-25)15-17-6-8-19(22)9-7-17/h2-9H,10-16H2,1H3,(H,23,26)/p+2. The van der Waals surface area contributed by atoms with E-state index in [1.807, 2.05) is 36.4 Å². The van der Waals surface area contributed by atoms with Crippen molar-refractivity contribution in [2.75, 3.05) is 39.8 Å². The molecule has 27 heavy (non-hydrogen) atoms. The average molecular weight is 390 g/mol. The van der Waals surface area contributed by atoms with Crippen molar-refractivity contribution in [2.45, 2.75) is 13.1 Å². The van der Waals surface area contributed by atoms with Crippen molar-refractivity contribution in [1.82, 2.24) is 5.32 Å². The fourth-order valence-corrected chi connectivity index (χ4v) is 3.66. The molecule has 2 aromatic rings. The van der Waals surface area contributed by atoms with Crippen LogP contribution in [0, 0.1) is 0 Å². The number of rotatable bonds is 7. The number of ether oxygens (including phenoxy) is 1. The lowest BCUT2D eigenvalue weighted by atomic mass is 10.2. The summed E-state index contributed by atoms with van der Waals surface area (Å²) in [6.45, 7) is 6.25. The first-order chi connectivity index (χ1) is 13.1. The smallest absolute Gasteiger partial charge is 0.275 e. The van der Waals surface area contributed by atoms with Gasteiger partial charge in [0.25, 0.3) is 5.91 Å². The molecule has 0 aliphatic carbocycles. The van der Waals surface area contributed by atoms with Crippen molar-refractivity contribution < 1.29 is 19.3 Å². The molecule has 0 spiro atoms. The maximum absolute atomic E-state index is 12.3. The number of para-hydroxylation sites is 1. The van der Waals surface area contributed by atoms with Crippen LogP contribution in [0.5, 0.6) is 5.75 Å². The van der Waals surface area contributed by atoms with Gasteiger partial charge in [-0.25, -0.2) is 0 Å². The van der Waals surface area contributed by atoms with Crippen molar-refractivity contribution in [2.24, 2.45) is 0 Å². The molecule has 2 aromatic carbocycles. The van der Waals surface area contributed by atoms with Crippen LogP contribution in [-0.4, -0.2) is 45.7 Å². The van der Waals surface area contributed by atoms with Crippen LogP contribution in [0.1, 0.15) is 11.1 Å². The van der Waals surface area contributed by atoms with E-state index in [0.29, 0.717) is 13.1 Å². The first-order valence-electron chi connectivity index (χ1n) is 9.44. The van der Waals surface area contributed by atoms with Gasteiger partial charge in [-0.15, -0.1) is 0 Å². The minimum absolute atomic E-state index is 0.0945. The predicted octanol–water partition coefficient (Wildman–Crippen LogP) is -0.0516. The van der Waals surface area contributed by atoms with E-state index < -0.39 is 0 Å². The van der Waals surface area contributed by atoms with Crippen molar-refractivity contribution in [3.8, 4) is 5.75 Å². The predicted molar refractivity (Wildman–Crippen MR) is 106 cm³/mol. The Labute approximate surface area is 165 Å². The van der Waals surface area contributed by atoms with E-state index in [0.717, 1.165) is 49.1 Å². The first-order valence-corrected chi connectivity index (χ1v) is 9.82. The SMILES string of the molecule is COc1ccccc1CNC(=O)C[NH+]1CC[NH+](Cc2ccc(Cl)cc2)CC1. The van der Waals surface area contributed by atoms with Crippen molar-refractivity contribution in [3.05, 3.63) is 64.7 Å². The van der Waals surface area contributed by atoms with Gasteiger partial charge in [-0.05, 0) is 18.2 Å². The number of benzene rings is 2. The molecule has 0 atom stereocenters. The molecule has 6 heteroatoms. The molecule has 1 heterocycles. The molecule has 1 aliphatic rings. The highest BCUT2D eigenvalue weighted by Gasteiger charge is 2.24. The molecule has 0 saturated carbocycles. The minimum atomic E-state index is 0.0945. The molecule has 1 amide bonds. The summed E-state index contributed by atoms with van der Waals surface area (Å²) < 4.78 is 5.33. The fraction of sp³-hybridized carbons (Fsp3) is 0.381. The lowest BCUT2D eigenvalue weighted by Crippen LogP contribution is -3.28. The van der Waals surface area contributed by atoms with E-state index in [-0.39, 0.29) is 5.91 Å². The van der Waals surface area contributed by atoms with Gasteiger partial charge in [0.1, 0.15) is 38.5 Å². The monoisotopic (exact) mass is 389 g/mol. The maximum Gasteiger partial charge on any atom is 0.275 e. The van der Waals surface area contributed by atoms with E-state index in [4.69, 9.17) is 16.3 Å². The van der Waals surface area contributed by atoms with E-state index in [9.17, 15) is 4.79 Å². The number of carbonyl (C=O) groups excluding carboxylic acids is 1. The number of hydrogen-bond acceptors (Lipinski definition) is 2. The molecule has 3 rings (SSSR count). The van der Waals surface area contributed by atoms with Crippen LogP contribution in [0.4, 0.5) is 0 Å². The number of piperazine rings is 1. The number of carbonyl (C=O) groups is 1. The highest BCUT2D eigenvalue weighted by Crippen LogP contribution is 2.16. The van der Waals surface area contributed by atoms with E-state index in [1.54, 1.807) is 12.0 Å². The maximum atomic E-state index is 12.3. The molecule has 5 nitrogen and oxygen atoms in total. The van der Waals surface area contributed by atoms with Crippen LogP contribution < -0.4 is 19.9 Å². The van der Waals surface area contributed by atoms with Crippen LogP contribution in [-0.2, 0) is 17.9 Å². The van der Waals surface area contributed by atoms with Gasteiger partial charge in [-0.2, -0.15) is 0 Å². The van der Waals surface area contributed by atoms with Crippen molar-refractivity contribution in [1.29, 1.82) is 0 Å². The van der Waals surface area contributed by atoms with Gasteiger partial charge < -0.3 is 19.9 Å². The summed E-state index contributed by atoms with van der Waals surface area (Å²) in [7, 11) is 1.65. The highest BCUT2D eigenvalue weighted by molar-refractivity contribution is 6.30. The highest BCUT2D eigenvalue weighted by atomic mass is 35.5. The van der Waals surface area contributed by atoms with Crippen LogP contribution in [0.25, 0.3) is 0 Å². The number of methoxy groups -OCH3 is 1. The molecule has 0 radical (unpaired) electrons. The second kappa shape index (κ2) is 9.74. The Kier molecular flexibility index (Phi) is 7.10. The van der Waals surface area contributed by atoms with Crippen molar-refractivity contribution >= 4 is 17.5 Å². The summed E-state index contributed by atoms with van der Waals surface area (Å²) in [5, 5.41) is 3.80. The summed E-state index contributed by atoms with van der Waals surface area (Å²) in [4.78, 5) is 15.2. The third kappa shape index (κ3) is 5.96. The third-order valence-corrected chi connectivity index (χ3v) is 5.36. The normalized spacial score (nSPS) is 19.5. The molecule has 0 unspecified atom stereocenters. The molecule has 3 N–H and O–H groups in total. The van der Waals surface area contributed by atoms with Gasteiger partial charge in [0.05, 0.1) is 7.11 Å². The lowest BCUT2D eigenvalue weighted by Gasteiger charge is -2.29. The summed E-state index contributed by atoms with van der Waals surface area (Å²) >= 11 is 5.95. The number of hydrogen-bond donors (Lipinski definition) is 3. The van der Waals surface area contributed by atoms with Gasteiger partial charge in [0.2, 0.25) is 0 Å². The Hall–Kier alpha value is -2.08. The summed E-state index contributed by atoms with van der Waals surface area (Å²) in [6.07, 6.45) is 0. The van der Waals surface area contributed by atoms with Gasteiger partial charge in [0, 0.05) is 22.7 Å². The molecule has 1 aliphatic heterocycles. The summed E-state index contributed by atoms with van der Waals surface area (Å²) in [5.74, 6) is 0.904. The van der Waals surface area contributed by atoms with Gasteiger partial charge in [-0.3, -0.25) is 4.79 Å². The average Bonchev–Trinajstić information content (AvgIpc) is 2.70. The van der Waals surface area contributed by atoms with Crippen molar-refractivity contribution in [3.63, 3.8) is 0 Å². The number of halogens is 1. The van der Waals surface area contributed by atoms with Gasteiger partial charge in [0.15, 0.2) is 6.54 Å². The van der Waals surface area contributed by atoms with E-state index in [1.165, 1.54) is 10.5 Å². The zero-order valence-electron chi connectivity index (χ0n) is 15.8. The quantitative estimate of drug-likeness (QED) is 0.622. The summed E-state index contributed by atoms with van der Waals surface area (Å²) in [5.41, 5.74) is 2.31. The second-order valence-electron chi connectivity index (χ2n) is 7.07. The fourth-order valence-electron chi connectivity index (χ4n) is 3.53. The molecule has 1 saturated heterocycles. The molecule has 144 valence electrons. The zero-order chi connectivity index (χ0) is 19.1. The van der Waals surface area contributed by atoms with Crippen LogP contribution in [0.3, 0.4) is 0 Å². The largest absolute Gasteiger partial charge is 0.496 e. The molecule has 1 fully saturated rings. The Bertz CT molecular complexity index is 743. The minimum Gasteiger partial charge on any atom is -0.496 e. The van der Waals surface area contributed by atoms with Crippen LogP contribution >= 0.6 is 11.6 Å². The summed E-state index contributed by atoms with van der Waals surface area (Å²) in [6, 6.07) is 15.9. The molecular weight excluding hydrogens is 362 g/mol. The number of quaternary nitrogens is 2. The Morgan fingerprint density at radius 1 is 1.04 bits per heavy atom. The zero-order valence-corrected chi connectivity index (χ0v) is 16.5. The van der Waals surface area contributed by atoms with E-state index >= 15 is 0 Å². The lowest BCUT2D eigenvalue weighted by molar-refractivity contribution is -1.02. The second-order valence-corrected chi connectivity index (χ2v) is 7.51. The van der Waals surface area contributed by atoms with Gasteiger partial charge >= 0.3 is 0 Å². The Balaban J connectivity index is 1.39. The molecular formula is C21H28ClN3O2+2. The Morgan fingerprint density at radius 3 is 2.41 bits per heavy atom. The number of amides is 1. The van der Waals surface area contributed by atoms with Crippen LogP contribution in [0.2, 0.25) is 5.02 Å². The molecule has 0 bridgehead atoms. The molecule has 0 aromatic heterocycles. The van der Waals surface area contributed by atoms with Crippen LogP contribution in [0.15, 0.2) is 48.5 Å². The Morgan fingerprint density at radius 2 is 1.70 bits per heavy atom. The first kappa shape index (κ1) is 19.7. The third-order valence-electron chi connectivity index (χ3n) is 5.11. The van der Waals surface area contributed by atoms with E-state index in [2.05, 4.69) is 17.4 Å². The topological polar surface area (TPSA) is 47.2 Å². The number of nitrogens with one attached hydrogen (secondary N) is 3. The van der Waals surface area contributed by atoms with Gasteiger partial charge in [-0.1, -0.05) is 41.9 Å².